The second-order valence-electron chi connectivity index (χ2n) is 1.51. The van der Waals surface area contributed by atoms with Gasteiger partial charge >= 0.3 is 0 Å². The first kappa shape index (κ1) is 7.14. The molecule has 5 heteroatoms. The van der Waals surface area contributed by atoms with Gasteiger partial charge in [0.15, 0.2) is 5.82 Å². The number of hydrogen-bond acceptors (Lipinski definition) is 4. The molecule has 0 atom stereocenters. The molecule has 0 radical (unpaired) electrons. The molecule has 10 heavy (non-hydrogen) atoms. The SMILES string of the molecule is O=C([O-])c1ncc(Br)cn1. The standard InChI is InChI=1S/C5H3BrN2O2/c6-3-1-7-4(5(9)10)8-2-3/h1-2H,(H,9,10)/p-1. The molecule has 0 aliphatic heterocycles. The Bertz CT molecular complexity index is 246. The number of aromatic carboxylic acids is 1. The van der Waals surface area contributed by atoms with E-state index in [-0.39, 0.29) is 5.82 Å². The van der Waals surface area contributed by atoms with Crippen LogP contribution in [0.15, 0.2) is 16.9 Å². The molecule has 0 fully saturated rings. The van der Waals surface area contributed by atoms with Crippen molar-refractivity contribution in [1.29, 1.82) is 0 Å². The van der Waals surface area contributed by atoms with Crippen LogP contribution in [0.2, 0.25) is 0 Å². The van der Waals surface area contributed by atoms with Gasteiger partial charge < -0.3 is 9.90 Å². The highest BCUT2D eigenvalue weighted by Crippen LogP contribution is 2.03. The van der Waals surface area contributed by atoms with E-state index in [1.165, 1.54) is 12.4 Å². The minimum Gasteiger partial charge on any atom is -0.542 e. The Labute approximate surface area is 65.1 Å². The first-order valence-electron chi connectivity index (χ1n) is 2.39. The molecular formula is C5H2BrN2O2-. The molecule has 0 aliphatic carbocycles. The van der Waals surface area contributed by atoms with Crippen LogP contribution in [0, 0.1) is 0 Å². The van der Waals surface area contributed by atoms with Crippen molar-refractivity contribution in [2.75, 3.05) is 0 Å². The Balaban J connectivity index is 3.00. The van der Waals surface area contributed by atoms with Gasteiger partial charge in [-0.1, -0.05) is 0 Å². The van der Waals surface area contributed by atoms with Gasteiger partial charge in [-0.3, -0.25) is 0 Å². The lowest BCUT2D eigenvalue weighted by Gasteiger charge is -1.97. The molecule has 1 aromatic rings. The maximum atomic E-state index is 10.1. The van der Waals surface area contributed by atoms with Crippen LogP contribution in [0.1, 0.15) is 10.6 Å². The van der Waals surface area contributed by atoms with Crippen LogP contribution < -0.4 is 5.11 Å². The van der Waals surface area contributed by atoms with E-state index in [0.717, 1.165) is 0 Å². The topological polar surface area (TPSA) is 65.9 Å². The fraction of sp³-hybridized carbons (Fsp3) is 0. The Kier molecular flexibility index (Phi) is 1.96. The van der Waals surface area contributed by atoms with Crippen molar-refractivity contribution in [3.05, 3.63) is 22.7 Å². The lowest BCUT2D eigenvalue weighted by atomic mass is 10.6. The van der Waals surface area contributed by atoms with Crippen molar-refractivity contribution in [1.82, 2.24) is 9.97 Å². The molecule has 0 bridgehead atoms. The second kappa shape index (κ2) is 2.74. The number of halogens is 1. The summed E-state index contributed by atoms with van der Waals surface area (Å²) < 4.78 is 0.637. The van der Waals surface area contributed by atoms with E-state index in [9.17, 15) is 9.90 Å². The average molecular weight is 202 g/mol. The Hall–Kier alpha value is -0.970. The molecule has 0 aliphatic rings. The lowest BCUT2D eigenvalue weighted by Crippen LogP contribution is -2.24. The van der Waals surface area contributed by atoms with E-state index >= 15 is 0 Å². The highest BCUT2D eigenvalue weighted by molar-refractivity contribution is 9.10. The predicted molar refractivity (Wildman–Crippen MR) is 34.1 cm³/mol. The fourth-order valence-corrected chi connectivity index (χ4v) is 0.622. The summed E-state index contributed by atoms with van der Waals surface area (Å²) in [6.07, 6.45) is 2.69. The zero-order valence-electron chi connectivity index (χ0n) is 4.74. The smallest absolute Gasteiger partial charge is 0.175 e. The van der Waals surface area contributed by atoms with Crippen LogP contribution in [0.5, 0.6) is 0 Å². The lowest BCUT2D eigenvalue weighted by molar-refractivity contribution is -0.256. The minimum atomic E-state index is -1.37. The maximum absolute atomic E-state index is 10.1. The van der Waals surface area contributed by atoms with Gasteiger partial charge in [0.25, 0.3) is 0 Å². The van der Waals surface area contributed by atoms with Gasteiger partial charge in [0.05, 0.1) is 4.47 Å². The third-order valence-electron chi connectivity index (χ3n) is 0.803. The summed E-state index contributed by atoms with van der Waals surface area (Å²) in [7, 11) is 0. The largest absolute Gasteiger partial charge is 0.542 e. The van der Waals surface area contributed by atoms with E-state index in [0.29, 0.717) is 4.47 Å². The van der Waals surface area contributed by atoms with Crippen molar-refractivity contribution < 1.29 is 9.90 Å². The third-order valence-corrected chi connectivity index (χ3v) is 1.21. The fourth-order valence-electron chi connectivity index (χ4n) is 0.418. The van der Waals surface area contributed by atoms with Gasteiger partial charge in [-0.2, -0.15) is 0 Å². The zero-order chi connectivity index (χ0) is 7.56. The number of carbonyl (C=O) groups excluding carboxylic acids is 1. The van der Waals surface area contributed by atoms with Crippen molar-refractivity contribution in [2.24, 2.45) is 0 Å². The molecule has 0 spiro atoms. The summed E-state index contributed by atoms with van der Waals surface area (Å²) in [5.41, 5.74) is 0. The number of nitrogens with zero attached hydrogens (tertiary/aromatic N) is 2. The van der Waals surface area contributed by atoms with E-state index in [4.69, 9.17) is 0 Å². The molecule has 0 aromatic carbocycles. The zero-order valence-corrected chi connectivity index (χ0v) is 6.33. The summed E-state index contributed by atoms with van der Waals surface area (Å²) in [5, 5.41) is 10.1. The average Bonchev–Trinajstić information content (AvgIpc) is 1.88. The van der Waals surface area contributed by atoms with Gasteiger partial charge in [-0.15, -0.1) is 0 Å². The van der Waals surface area contributed by atoms with Crippen molar-refractivity contribution in [2.45, 2.75) is 0 Å². The molecule has 0 saturated carbocycles. The van der Waals surface area contributed by atoms with Crippen LogP contribution in [-0.4, -0.2) is 15.9 Å². The summed E-state index contributed by atoms with van der Waals surface area (Å²) >= 11 is 3.06. The number of carboxylic acids is 1. The second-order valence-corrected chi connectivity index (χ2v) is 2.43. The minimum absolute atomic E-state index is 0.303. The van der Waals surface area contributed by atoms with Gasteiger partial charge in [0.2, 0.25) is 0 Å². The first-order chi connectivity index (χ1) is 4.70. The molecule has 0 N–H and O–H groups in total. The Morgan fingerprint density at radius 1 is 1.50 bits per heavy atom. The quantitative estimate of drug-likeness (QED) is 0.621. The number of hydrogen-bond donors (Lipinski definition) is 0. The molecular weight excluding hydrogens is 200 g/mol. The van der Waals surface area contributed by atoms with Crippen LogP contribution in [-0.2, 0) is 0 Å². The van der Waals surface area contributed by atoms with Crippen LogP contribution in [0.25, 0.3) is 0 Å². The molecule has 4 nitrogen and oxygen atoms in total. The van der Waals surface area contributed by atoms with Gasteiger partial charge in [-0.05, 0) is 15.9 Å². The summed E-state index contributed by atoms with van der Waals surface area (Å²) in [6.45, 7) is 0. The van der Waals surface area contributed by atoms with E-state index < -0.39 is 5.97 Å². The third kappa shape index (κ3) is 1.51. The van der Waals surface area contributed by atoms with E-state index in [1.807, 2.05) is 0 Å². The molecule has 0 amide bonds. The van der Waals surface area contributed by atoms with Crippen molar-refractivity contribution in [3.8, 4) is 0 Å². The highest BCUT2D eigenvalue weighted by Gasteiger charge is 1.94. The number of carbonyl (C=O) groups is 1. The number of rotatable bonds is 1. The first-order valence-corrected chi connectivity index (χ1v) is 3.18. The van der Waals surface area contributed by atoms with Crippen molar-refractivity contribution in [3.63, 3.8) is 0 Å². The maximum Gasteiger partial charge on any atom is 0.175 e. The van der Waals surface area contributed by atoms with Crippen LogP contribution in [0.3, 0.4) is 0 Å². The Morgan fingerprint density at radius 2 is 2.00 bits per heavy atom. The molecule has 1 rings (SSSR count). The summed E-state index contributed by atoms with van der Waals surface area (Å²) in [6, 6.07) is 0. The van der Waals surface area contributed by atoms with E-state index in [1.54, 1.807) is 0 Å². The predicted octanol–water partition coefficient (Wildman–Crippen LogP) is -0.397. The normalized spacial score (nSPS) is 9.30. The molecule has 52 valence electrons. The molecule has 0 saturated heterocycles. The van der Waals surface area contributed by atoms with Gasteiger partial charge in [0, 0.05) is 12.4 Å². The monoisotopic (exact) mass is 201 g/mol. The molecule has 1 aromatic heterocycles. The van der Waals surface area contributed by atoms with Gasteiger partial charge in [0.1, 0.15) is 5.97 Å². The van der Waals surface area contributed by atoms with Gasteiger partial charge in [-0.25, -0.2) is 9.97 Å². The number of carboxylic acid groups (broad SMARTS) is 1. The molecule has 0 unspecified atom stereocenters. The summed E-state index contributed by atoms with van der Waals surface area (Å²) in [4.78, 5) is 17.0. The van der Waals surface area contributed by atoms with Crippen molar-refractivity contribution >= 4 is 21.9 Å². The van der Waals surface area contributed by atoms with E-state index in [2.05, 4.69) is 25.9 Å². The molecule has 1 heterocycles. The number of aromatic nitrogens is 2. The van der Waals surface area contributed by atoms with Crippen LogP contribution >= 0.6 is 15.9 Å². The van der Waals surface area contributed by atoms with Crippen LogP contribution in [0.4, 0.5) is 0 Å². The highest BCUT2D eigenvalue weighted by atomic mass is 79.9. The summed E-state index contributed by atoms with van der Waals surface area (Å²) in [5.74, 6) is -1.67. The Morgan fingerprint density at radius 3 is 2.40 bits per heavy atom.